The Morgan fingerprint density at radius 1 is 1.20 bits per heavy atom. The Bertz CT molecular complexity index is 1100. The van der Waals surface area contributed by atoms with Gasteiger partial charge < -0.3 is 10.4 Å². The van der Waals surface area contributed by atoms with Crippen LogP contribution in [0.15, 0.2) is 29.2 Å². The van der Waals surface area contributed by atoms with E-state index < -0.39 is 16.9 Å². The van der Waals surface area contributed by atoms with Crippen LogP contribution in [-0.2, 0) is 10.3 Å². The molecule has 2 atom stereocenters. The van der Waals surface area contributed by atoms with Gasteiger partial charge >= 0.3 is 5.97 Å². The number of hydrogen-bond donors (Lipinski definition) is 2. The van der Waals surface area contributed by atoms with Gasteiger partial charge in [0.2, 0.25) is 0 Å². The Morgan fingerprint density at radius 2 is 1.90 bits per heavy atom. The van der Waals surface area contributed by atoms with Crippen LogP contribution in [0.25, 0.3) is 0 Å². The highest BCUT2D eigenvalue weighted by molar-refractivity contribution is 6.34. The number of nitrogens with one attached hydrogen (secondary N) is 1. The summed E-state index contributed by atoms with van der Waals surface area (Å²) >= 11 is 12.8. The Morgan fingerprint density at radius 3 is 2.53 bits per heavy atom. The minimum atomic E-state index is -0.746. The molecule has 2 N–H and O–H groups in total. The molecule has 0 amide bonds. The van der Waals surface area contributed by atoms with Crippen molar-refractivity contribution in [2.45, 2.75) is 51.0 Å². The zero-order valence-electron chi connectivity index (χ0n) is 16.6. The van der Waals surface area contributed by atoms with Crippen molar-refractivity contribution in [3.63, 3.8) is 0 Å². The smallest absolute Gasteiger partial charge is 0.309 e. The zero-order chi connectivity index (χ0) is 21.3. The maximum Gasteiger partial charge on any atom is 0.309 e. The van der Waals surface area contributed by atoms with Gasteiger partial charge in [-0.25, -0.2) is 4.68 Å². The number of rotatable bonds is 4. The van der Waals surface area contributed by atoms with Crippen LogP contribution in [0.2, 0.25) is 10.0 Å². The third kappa shape index (κ3) is 2.95. The lowest BCUT2D eigenvalue weighted by Crippen LogP contribution is -2.61. The van der Waals surface area contributed by atoms with Crippen molar-refractivity contribution >= 4 is 40.5 Å². The molecule has 30 heavy (non-hydrogen) atoms. The van der Waals surface area contributed by atoms with Gasteiger partial charge in [-0.15, -0.1) is 0 Å². The fourth-order valence-electron chi connectivity index (χ4n) is 6.44. The molecule has 158 valence electrons. The largest absolute Gasteiger partial charge is 0.481 e. The Labute approximate surface area is 184 Å². The molecule has 4 bridgehead atoms. The van der Waals surface area contributed by atoms with Crippen LogP contribution in [0.1, 0.15) is 44.1 Å². The lowest BCUT2D eigenvalue weighted by atomic mass is 9.47. The minimum absolute atomic E-state index is 0.0433. The summed E-state index contributed by atoms with van der Waals surface area (Å²) in [6.07, 6.45) is 6.03. The van der Waals surface area contributed by atoms with Gasteiger partial charge in [-0.2, -0.15) is 5.10 Å². The number of aliphatic carboxylic acids is 1. The number of halogens is 2. The summed E-state index contributed by atoms with van der Waals surface area (Å²) in [6.45, 7) is 1.95. The quantitative estimate of drug-likeness (QED) is 0.689. The number of nitrogens with zero attached hydrogens (tertiary/aromatic N) is 2. The first-order chi connectivity index (χ1) is 14.2. The molecule has 1 aromatic heterocycles. The molecular formula is C22H23Cl2N3O3. The number of carboxylic acids is 1. The molecule has 2 unspecified atom stereocenters. The van der Waals surface area contributed by atoms with E-state index in [1.54, 1.807) is 6.20 Å². The Balaban J connectivity index is 1.53. The van der Waals surface area contributed by atoms with Gasteiger partial charge in [0.15, 0.2) is 0 Å². The molecular weight excluding hydrogens is 425 g/mol. The number of anilines is 2. The lowest BCUT2D eigenvalue weighted by molar-refractivity contribution is -0.173. The number of carbonyl (C=O) groups is 1. The molecule has 4 fully saturated rings. The average molecular weight is 448 g/mol. The van der Waals surface area contributed by atoms with E-state index in [1.165, 1.54) is 4.68 Å². The third-order valence-corrected chi connectivity index (χ3v) is 7.92. The van der Waals surface area contributed by atoms with Crippen molar-refractivity contribution in [2.75, 3.05) is 5.32 Å². The van der Waals surface area contributed by atoms with Crippen molar-refractivity contribution in [1.29, 1.82) is 0 Å². The fourth-order valence-corrected chi connectivity index (χ4v) is 6.90. The van der Waals surface area contributed by atoms with E-state index in [1.807, 2.05) is 25.1 Å². The summed E-state index contributed by atoms with van der Waals surface area (Å²) in [5, 5.41) is 18.1. The normalized spacial score (nSPS) is 31.7. The van der Waals surface area contributed by atoms with E-state index in [0.29, 0.717) is 47.5 Å². The molecule has 0 radical (unpaired) electrons. The third-order valence-electron chi connectivity index (χ3n) is 7.25. The van der Waals surface area contributed by atoms with Gasteiger partial charge in [0.25, 0.3) is 5.56 Å². The van der Waals surface area contributed by atoms with Crippen molar-refractivity contribution in [3.05, 3.63) is 50.4 Å². The standard InChI is InChI=1S/C22H23Cl2N3O3/c1-12-2-3-16(15(23)4-12)26-17-10-25-27(19(28)18(17)24)22-8-13-5-14(9-22)7-21(6-13,11-22)20(29)30/h2-4,10,13-14,26H,5-9,11H2,1H3,(H,29,30). The number of aryl methyl sites for hydroxylation is 1. The minimum Gasteiger partial charge on any atom is -0.481 e. The van der Waals surface area contributed by atoms with Gasteiger partial charge in [-0.1, -0.05) is 29.3 Å². The molecule has 1 aromatic carbocycles. The molecule has 1 heterocycles. The molecule has 4 aliphatic rings. The summed E-state index contributed by atoms with van der Waals surface area (Å²) in [5.41, 5.74) is 0.364. The van der Waals surface area contributed by atoms with E-state index in [-0.39, 0.29) is 10.6 Å². The first-order valence-corrected chi connectivity index (χ1v) is 11.0. The molecule has 2 aromatic rings. The average Bonchev–Trinajstić information content (AvgIpc) is 2.66. The maximum absolute atomic E-state index is 13.3. The molecule has 4 saturated carbocycles. The van der Waals surface area contributed by atoms with E-state index in [9.17, 15) is 14.7 Å². The highest BCUT2D eigenvalue weighted by Crippen LogP contribution is 2.63. The maximum atomic E-state index is 13.3. The van der Waals surface area contributed by atoms with Crippen molar-refractivity contribution < 1.29 is 9.90 Å². The molecule has 4 aliphatic carbocycles. The van der Waals surface area contributed by atoms with Gasteiger partial charge in [0.1, 0.15) is 5.02 Å². The van der Waals surface area contributed by atoms with Crippen LogP contribution in [0.3, 0.4) is 0 Å². The predicted octanol–water partition coefficient (Wildman–Crippen LogP) is 4.98. The topological polar surface area (TPSA) is 84.2 Å². The number of benzene rings is 1. The molecule has 6 rings (SSSR count). The second kappa shape index (κ2) is 6.72. The first kappa shape index (κ1) is 19.9. The first-order valence-electron chi connectivity index (χ1n) is 10.3. The highest BCUT2D eigenvalue weighted by Gasteiger charge is 2.62. The SMILES string of the molecule is Cc1ccc(Nc2cnn(C34CC5CC(CC(C(=O)O)(C5)C3)C4)c(=O)c2Cl)c(Cl)c1. The lowest BCUT2D eigenvalue weighted by Gasteiger charge is -2.60. The molecule has 0 saturated heterocycles. The van der Waals surface area contributed by atoms with Crippen LogP contribution in [0, 0.1) is 24.2 Å². The summed E-state index contributed by atoms with van der Waals surface area (Å²) < 4.78 is 1.48. The van der Waals surface area contributed by atoms with E-state index in [2.05, 4.69) is 10.4 Å². The van der Waals surface area contributed by atoms with Gasteiger partial charge in [0.05, 0.1) is 33.5 Å². The molecule has 6 nitrogen and oxygen atoms in total. The zero-order valence-corrected chi connectivity index (χ0v) is 18.1. The second-order valence-corrected chi connectivity index (χ2v) is 10.3. The van der Waals surface area contributed by atoms with Crippen molar-refractivity contribution in [1.82, 2.24) is 9.78 Å². The second-order valence-electron chi connectivity index (χ2n) is 9.47. The monoisotopic (exact) mass is 447 g/mol. The van der Waals surface area contributed by atoms with Gasteiger partial charge in [-0.3, -0.25) is 9.59 Å². The molecule has 0 aliphatic heterocycles. The Hall–Kier alpha value is -2.05. The molecule has 8 heteroatoms. The number of hydrogen-bond acceptors (Lipinski definition) is 4. The van der Waals surface area contributed by atoms with Gasteiger partial charge in [0, 0.05) is 0 Å². The van der Waals surface area contributed by atoms with Crippen LogP contribution >= 0.6 is 23.2 Å². The van der Waals surface area contributed by atoms with E-state index >= 15 is 0 Å². The van der Waals surface area contributed by atoms with Gasteiger partial charge in [-0.05, 0) is 75.0 Å². The number of aromatic nitrogens is 2. The number of carboxylic acid groups (broad SMARTS) is 1. The summed E-state index contributed by atoms with van der Waals surface area (Å²) in [5.74, 6) is -0.106. The van der Waals surface area contributed by atoms with Crippen LogP contribution in [-0.4, -0.2) is 20.9 Å². The van der Waals surface area contributed by atoms with Crippen LogP contribution in [0.4, 0.5) is 11.4 Å². The van der Waals surface area contributed by atoms with Crippen molar-refractivity contribution in [3.8, 4) is 0 Å². The van der Waals surface area contributed by atoms with E-state index in [0.717, 1.165) is 24.8 Å². The van der Waals surface area contributed by atoms with Crippen molar-refractivity contribution in [2.24, 2.45) is 17.3 Å². The molecule has 0 spiro atoms. The highest BCUT2D eigenvalue weighted by atomic mass is 35.5. The fraction of sp³-hybridized carbons (Fsp3) is 0.500. The Kier molecular flexibility index (Phi) is 4.46. The predicted molar refractivity (Wildman–Crippen MR) is 116 cm³/mol. The summed E-state index contributed by atoms with van der Waals surface area (Å²) in [6, 6.07) is 5.57. The van der Waals surface area contributed by atoms with Crippen LogP contribution in [0.5, 0.6) is 0 Å². The summed E-state index contributed by atoms with van der Waals surface area (Å²) in [4.78, 5) is 25.4. The summed E-state index contributed by atoms with van der Waals surface area (Å²) in [7, 11) is 0. The van der Waals surface area contributed by atoms with E-state index in [4.69, 9.17) is 23.2 Å². The van der Waals surface area contributed by atoms with Crippen LogP contribution < -0.4 is 10.9 Å².